The maximum absolute atomic E-state index is 4.49. The summed E-state index contributed by atoms with van der Waals surface area (Å²) in [7, 11) is 2.00. The van der Waals surface area contributed by atoms with Crippen molar-refractivity contribution in [3.05, 3.63) is 58.5 Å². The second-order valence-electron chi connectivity index (χ2n) is 5.86. The van der Waals surface area contributed by atoms with E-state index < -0.39 is 0 Å². The van der Waals surface area contributed by atoms with Crippen LogP contribution in [0.1, 0.15) is 21.8 Å². The predicted octanol–water partition coefficient (Wildman–Crippen LogP) is 4.18. The van der Waals surface area contributed by atoms with Gasteiger partial charge in [0, 0.05) is 23.7 Å². The maximum Gasteiger partial charge on any atom is 0.197 e. The Labute approximate surface area is 154 Å². The summed E-state index contributed by atoms with van der Waals surface area (Å²) in [6.07, 6.45) is 2.39. The summed E-state index contributed by atoms with van der Waals surface area (Å²) in [6.45, 7) is 4.25. The lowest BCUT2D eigenvalue weighted by Crippen LogP contribution is -2.00. The Bertz CT molecular complexity index is 1040. The largest absolute Gasteiger partial charge is 0.309 e. The molecule has 0 atom stereocenters. The summed E-state index contributed by atoms with van der Waals surface area (Å²) in [5, 5.41) is 11.6. The van der Waals surface area contributed by atoms with Crippen LogP contribution in [0.2, 0.25) is 0 Å². The third-order valence-corrected chi connectivity index (χ3v) is 6.40. The molecule has 25 heavy (non-hydrogen) atoms. The van der Waals surface area contributed by atoms with Crippen LogP contribution in [0.25, 0.3) is 10.2 Å². The van der Waals surface area contributed by atoms with Gasteiger partial charge in [0.2, 0.25) is 0 Å². The Kier molecular flexibility index (Phi) is 4.27. The molecule has 4 rings (SSSR count). The number of nitrogens with zero attached hydrogens (tertiary/aromatic N) is 5. The number of rotatable bonds is 4. The van der Waals surface area contributed by atoms with Gasteiger partial charge in [-0.3, -0.25) is 0 Å². The summed E-state index contributed by atoms with van der Waals surface area (Å²) in [5.41, 5.74) is 2.47. The van der Waals surface area contributed by atoms with Crippen LogP contribution in [0.4, 0.5) is 0 Å². The highest BCUT2D eigenvalue weighted by atomic mass is 32.2. The molecule has 3 aromatic heterocycles. The molecule has 5 nitrogen and oxygen atoms in total. The zero-order valence-corrected chi connectivity index (χ0v) is 15.9. The first kappa shape index (κ1) is 16.2. The Balaban J connectivity index is 1.66. The van der Waals surface area contributed by atoms with E-state index in [9.17, 15) is 0 Å². The first-order chi connectivity index (χ1) is 12.1. The number of hydrogen-bond donors (Lipinski definition) is 0. The van der Waals surface area contributed by atoms with Crippen molar-refractivity contribution in [1.29, 1.82) is 0 Å². The van der Waals surface area contributed by atoms with E-state index in [1.165, 1.54) is 16.0 Å². The van der Waals surface area contributed by atoms with E-state index in [-0.39, 0.29) is 0 Å². The van der Waals surface area contributed by atoms with Crippen LogP contribution >= 0.6 is 23.1 Å². The van der Waals surface area contributed by atoms with Gasteiger partial charge >= 0.3 is 0 Å². The van der Waals surface area contributed by atoms with Gasteiger partial charge in [-0.2, -0.15) is 0 Å². The zero-order chi connectivity index (χ0) is 17.4. The van der Waals surface area contributed by atoms with Crippen molar-refractivity contribution in [3.63, 3.8) is 0 Å². The van der Waals surface area contributed by atoms with E-state index in [1.807, 2.05) is 29.8 Å². The molecule has 1 aromatic carbocycles. The van der Waals surface area contributed by atoms with E-state index in [4.69, 9.17) is 0 Å². The minimum absolute atomic E-state index is 0.765. The molecule has 0 aliphatic heterocycles. The molecule has 0 bridgehead atoms. The summed E-state index contributed by atoms with van der Waals surface area (Å²) in [4.78, 5) is 11.2. The van der Waals surface area contributed by atoms with Crippen molar-refractivity contribution >= 4 is 33.3 Å². The van der Waals surface area contributed by atoms with Crippen LogP contribution in [0.3, 0.4) is 0 Å². The third kappa shape index (κ3) is 3.05. The molecule has 0 aliphatic carbocycles. The van der Waals surface area contributed by atoms with Crippen LogP contribution in [0.5, 0.6) is 0 Å². The number of fused-ring (bicyclic) bond motifs is 1. The van der Waals surface area contributed by atoms with Crippen LogP contribution in [0, 0.1) is 13.8 Å². The smallest absolute Gasteiger partial charge is 0.197 e. The van der Waals surface area contributed by atoms with Gasteiger partial charge in [0.15, 0.2) is 5.16 Å². The van der Waals surface area contributed by atoms with Gasteiger partial charge in [-0.15, -0.1) is 21.5 Å². The molecule has 0 radical (unpaired) electrons. The molecule has 0 saturated carbocycles. The summed E-state index contributed by atoms with van der Waals surface area (Å²) < 4.78 is 2.04. The number of benzene rings is 1. The zero-order valence-electron chi connectivity index (χ0n) is 14.2. The van der Waals surface area contributed by atoms with E-state index >= 15 is 0 Å². The van der Waals surface area contributed by atoms with E-state index in [0.29, 0.717) is 0 Å². The Hall–Kier alpha value is -2.25. The minimum atomic E-state index is 0.765. The van der Waals surface area contributed by atoms with Crippen LogP contribution in [-0.4, -0.2) is 24.7 Å². The molecule has 0 N–H and O–H groups in total. The van der Waals surface area contributed by atoms with Crippen molar-refractivity contribution in [2.45, 2.75) is 30.5 Å². The fourth-order valence-corrected chi connectivity index (χ4v) is 4.69. The van der Waals surface area contributed by atoms with Gasteiger partial charge in [0.25, 0.3) is 0 Å². The Morgan fingerprint density at radius 1 is 1.08 bits per heavy atom. The molecule has 0 spiro atoms. The summed E-state index contributed by atoms with van der Waals surface area (Å²) in [5.74, 6) is 0.942. The standard InChI is InChI=1S/C18H17N5S2/c1-11-12(2)24-16-15(11)17(20-10-19-16)25-18-22-21-14(23(18)3)9-13-7-5-4-6-8-13/h4-8,10H,9H2,1-3H3. The van der Waals surface area contributed by atoms with Crippen molar-refractivity contribution < 1.29 is 0 Å². The molecule has 7 heteroatoms. The van der Waals surface area contributed by atoms with Gasteiger partial charge in [-0.25, -0.2) is 9.97 Å². The first-order valence-electron chi connectivity index (χ1n) is 7.94. The second kappa shape index (κ2) is 6.57. The van der Waals surface area contributed by atoms with E-state index in [0.717, 1.165) is 32.6 Å². The number of thiophene rings is 1. The van der Waals surface area contributed by atoms with Gasteiger partial charge in [-0.05, 0) is 36.7 Å². The fourth-order valence-electron chi connectivity index (χ4n) is 2.68. The van der Waals surface area contributed by atoms with Crippen molar-refractivity contribution in [3.8, 4) is 0 Å². The highest BCUT2D eigenvalue weighted by Crippen LogP contribution is 2.36. The highest BCUT2D eigenvalue weighted by molar-refractivity contribution is 7.99. The average Bonchev–Trinajstić information content (AvgIpc) is 3.10. The van der Waals surface area contributed by atoms with Gasteiger partial charge < -0.3 is 4.57 Å². The minimum Gasteiger partial charge on any atom is -0.309 e. The summed E-state index contributed by atoms with van der Waals surface area (Å²) in [6, 6.07) is 10.3. The Morgan fingerprint density at radius 3 is 2.68 bits per heavy atom. The maximum atomic E-state index is 4.49. The Morgan fingerprint density at radius 2 is 1.88 bits per heavy atom. The highest BCUT2D eigenvalue weighted by Gasteiger charge is 2.16. The molecule has 3 heterocycles. The monoisotopic (exact) mass is 367 g/mol. The average molecular weight is 368 g/mol. The summed E-state index contributed by atoms with van der Waals surface area (Å²) >= 11 is 3.25. The van der Waals surface area contributed by atoms with Crippen LogP contribution < -0.4 is 0 Å². The lowest BCUT2D eigenvalue weighted by Gasteiger charge is -2.05. The molecule has 126 valence electrons. The number of aromatic nitrogens is 5. The van der Waals surface area contributed by atoms with Gasteiger partial charge in [0.1, 0.15) is 22.0 Å². The molecule has 0 unspecified atom stereocenters. The molecule has 0 fully saturated rings. The first-order valence-corrected chi connectivity index (χ1v) is 9.57. The van der Waals surface area contributed by atoms with Crippen molar-refractivity contribution in [2.24, 2.45) is 7.05 Å². The quantitative estimate of drug-likeness (QED) is 0.507. The lowest BCUT2D eigenvalue weighted by atomic mass is 10.1. The molecule has 4 aromatic rings. The SMILES string of the molecule is Cc1sc2ncnc(Sc3nnc(Cc4ccccc4)n3C)c2c1C. The third-order valence-electron chi connectivity index (χ3n) is 4.25. The molecule has 0 amide bonds. The number of aryl methyl sites for hydroxylation is 2. The molecular weight excluding hydrogens is 350 g/mol. The van der Waals surface area contributed by atoms with E-state index in [2.05, 4.69) is 46.1 Å². The molecular formula is C18H17N5S2. The predicted molar refractivity (Wildman–Crippen MR) is 101 cm³/mol. The second-order valence-corrected chi connectivity index (χ2v) is 8.02. The van der Waals surface area contributed by atoms with Gasteiger partial charge in [0.05, 0.1) is 0 Å². The molecule has 0 saturated heterocycles. The topological polar surface area (TPSA) is 56.5 Å². The van der Waals surface area contributed by atoms with Crippen LogP contribution in [-0.2, 0) is 13.5 Å². The number of hydrogen-bond acceptors (Lipinski definition) is 6. The normalized spacial score (nSPS) is 11.3. The van der Waals surface area contributed by atoms with E-state index in [1.54, 1.807) is 29.4 Å². The fraction of sp³-hybridized carbons (Fsp3) is 0.222. The van der Waals surface area contributed by atoms with Crippen molar-refractivity contribution in [1.82, 2.24) is 24.7 Å². The lowest BCUT2D eigenvalue weighted by molar-refractivity contribution is 0.748. The van der Waals surface area contributed by atoms with Crippen LogP contribution in [0.15, 0.2) is 46.8 Å². The van der Waals surface area contributed by atoms with Gasteiger partial charge in [-0.1, -0.05) is 30.3 Å². The molecule has 0 aliphatic rings. The van der Waals surface area contributed by atoms with Crippen molar-refractivity contribution in [2.75, 3.05) is 0 Å².